The van der Waals surface area contributed by atoms with Gasteiger partial charge in [-0.2, -0.15) is 10.2 Å². The standard InChI is InChI=1S/C25H22ClN5O4/c1-33-19-13-16(14-20(34-2)23(19)35-3)21(29-28-18-11-9-17(26)10-12-18)22-25(32)31-30-24(27-22)15-7-5-4-6-8-15/h4-14,28H,1-3H3,(H,31,32)/b29-21-. The minimum atomic E-state index is -0.518. The lowest BCUT2D eigenvalue weighted by Crippen LogP contribution is -2.24. The largest absolute Gasteiger partial charge is 0.493 e. The van der Waals surface area contributed by atoms with E-state index in [1.165, 1.54) is 21.3 Å². The highest BCUT2D eigenvalue weighted by Gasteiger charge is 2.21. The van der Waals surface area contributed by atoms with Gasteiger partial charge in [0.05, 0.1) is 27.0 Å². The first-order chi connectivity index (χ1) is 17.0. The van der Waals surface area contributed by atoms with E-state index in [4.69, 9.17) is 25.8 Å². The molecule has 0 aliphatic heterocycles. The van der Waals surface area contributed by atoms with Crippen LogP contribution in [0, 0.1) is 0 Å². The first-order valence-corrected chi connectivity index (χ1v) is 10.8. The Kier molecular flexibility index (Phi) is 7.27. The lowest BCUT2D eigenvalue weighted by Gasteiger charge is -2.15. The van der Waals surface area contributed by atoms with Gasteiger partial charge in [-0.05, 0) is 36.4 Å². The van der Waals surface area contributed by atoms with Gasteiger partial charge in [0, 0.05) is 16.1 Å². The number of anilines is 1. The van der Waals surface area contributed by atoms with Crippen molar-refractivity contribution in [3.63, 3.8) is 0 Å². The van der Waals surface area contributed by atoms with Gasteiger partial charge in [0.15, 0.2) is 23.0 Å². The molecule has 0 saturated carbocycles. The number of halogens is 1. The average Bonchev–Trinajstić information content (AvgIpc) is 2.90. The van der Waals surface area contributed by atoms with E-state index in [0.29, 0.717) is 39.3 Å². The number of methoxy groups -OCH3 is 3. The van der Waals surface area contributed by atoms with Crippen LogP contribution in [0.15, 0.2) is 76.6 Å². The maximum Gasteiger partial charge on any atom is 0.292 e. The number of hydrogen-bond acceptors (Lipinski definition) is 8. The van der Waals surface area contributed by atoms with Gasteiger partial charge in [-0.15, -0.1) is 0 Å². The van der Waals surface area contributed by atoms with Crippen molar-refractivity contribution in [3.05, 3.63) is 93.4 Å². The zero-order valence-corrected chi connectivity index (χ0v) is 20.0. The molecule has 0 aliphatic carbocycles. The minimum absolute atomic E-state index is 0.0505. The number of ether oxygens (including phenoxy) is 3. The number of benzene rings is 3. The summed E-state index contributed by atoms with van der Waals surface area (Å²) in [5, 5.41) is 11.7. The third-order valence-electron chi connectivity index (χ3n) is 5.03. The quantitative estimate of drug-likeness (QED) is 0.278. The van der Waals surface area contributed by atoms with Crippen LogP contribution in [0.1, 0.15) is 11.3 Å². The summed E-state index contributed by atoms with van der Waals surface area (Å²) in [5.74, 6) is 1.54. The molecule has 0 bridgehead atoms. The summed E-state index contributed by atoms with van der Waals surface area (Å²) >= 11 is 5.99. The Balaban J connectivity index is 1.90. The third-order valence-corrected chi connectivity index (χ3v) is 5.28. The molecular weight excluding hydrogens is 470 g/mol. The molecule has 4 aromatic rings. The van der Waals surface area contributed by atoms with Crippen molar-refractivity contribution in [3.8, 4) is 28.6 Å². The van der Waals surface area contributed by atoms with Crippen LogP contribution in [0.3, 0.4) is 0 Å². The number of H-pyrrole nitrogens is 1. The summed E-state index contributed by atoms with van der Waals surface area (Å²) in [7, 11) is 4.53. The Bertz CT molecular complexity index is 1380. The Hall–Kier alpha value is -4.37. The van der Waals surface area contributed by atoms with Gasteiger partial charge < -0.3 is 14.2 Å². The molecule has 0 spiro atoms. The molecule has 35 heavy (non-hydrogen) atoms. The van der Waals surface area contributed by atoms with E-state index in [1.807, 2.05) is 30.3 Å². The van der Waals surface area contributed by atoms with Gasteiger partial charge in [0.1, 0.15) is 5.71 Å². The van der Waals surface area contributed by atoms with Gasteiger partial charge in [0.2, 0.25) is 5.75 Å². The van der Waals surface area contributed by atoms with Gasteiger partial charge in [-0.3, -0.25) is 10.2 Å². The molecule has 0 unspecified atom stereocenters. The maximum absolute atomic E-state index is 12.9. The molecule has 0 amide bonds. The van der Waals surface area contributed by atoms with Crippen LogP contribution < -0.4 is 25.2 Å². The molecule has 9 nitrogen and oxygen atoms in total. The summed E-state index contributed by atoms with van der Waals surface area (Å²) in [5.41, 5.74) is 4.63. The fourth-order valence-electron chi connectivity index (χ4n) is 3.33. The summed E-state index contributed by atoms with van der Waals surface area (Å²) < 4.78 is 16.4. The second kappa shape index (κ2) is 10.7. The molecular formula is C25H22ClN5O4. The highest BCUT2D eigenvalue weighted by atomic mass is 35.5. The van der Waals surface area contributed by atoms with E-state index in [9.17, 15) is 4.79 Å². The topological polar surface area (TPSA) is 111 Å². The monoisotopic (exact) mass is 491 g/mol. The Morgan fingerprint density at radius 2 is 1.60 bits per heavy atom. The lowest BCUT2D eigenvalue weighted by atomic mass is 10.1. The van der Waals surface area contributed by atoms with Crippen LogP contribution >= 0.6 is 11.6 Å². The van der Waals surface area contributed by atoms with Gasteiger partial charge >= 0.3 is 0 Å². The molecule has 0 aliphatic rings. The lowest BCUT2D eigenvalue weighted by molar-refractivity contribution is 0.324. The van der Waals surface area contributed by atoms with Crippen molar-refractivity contribution in [2.75, 3.05) is 26.8 Å². The van der Waals surface area contributed by atoms with Gasteiger partial charge in [-0.25, -0.2) is 10.1 Å². The number of rotatable bonds is 8. The molecule has 0 atom stereocenters. The second-order valence-electron chi connectivity index (χ2n) is 7.20. The maximum atomic E-state index is 12.9. The van der Waals surface area contributed by atoms with E-state index in [1.54, 1.807) is 36.4 Å². The van der Waals surface area contributed by atoms with Crippen LogP contribution in [-0.2, 0) is 0 Å². The molecule has 0 fully saturated rings. The van der Waals surface area contributed by atoms with E-state index < -0.39 is 5.56 Å². The summed E-state index contributed by atoms with van der Waals surface area (Å²) in [6.45, 7) is 0. The molecule has 0 radical (unpaired) electrons. The van der Waals surface area contributed by atoms with Crippen LogP contribution in [-0.4, -0.2) is 42.2 Å². The molecule has 4 rings (SSSR count). The molecule has 2 N–H and O–H groups in total. The van der Waals surface area contributed by atoms with Crippen LogP contribution in [0.25, 0.3) is 11.4 Å². The predicted octanol–water partition coefficient (Wildman–Crippen LogP) is 4.38. The van der Waals surface area contributed by atoms with Crippen LogP contribution in [0.5, 0.6) is 17.2 Å². The molecule has 10 heteroatoms. The fraction of sp³-hybridized carbons (Fsp3) is 0.120. The molecule has 0 saturated heterocycles. The smallest absolute Gasteiger partial charge is 0.292 e. The number of hydrazone groups is 1. The summed E-state index contributed by atoms with van der Waals surface area (Å²) in [6, 6.07) is 19.7. The Morgan fingerprint density at radius 3 is 2.20 bits per heavy atom. The Labute approximate surface area is 206 Å². The number of nitrogens with zero attached hydrogens (tertiary/aromatic N) is 3. The Morgan fingerprint density at radius 1 is 0.943 bits per heavy atom. The molecule has 1 heterocycles. The molecule has 1 aromatic heterocycles. The summed E-state index contributed by atoms with van der Waals surface area (Å²) in [6.07, 6.45) is 0. The predicted molar refractivity (Wildman–Crippen MR) is 135 cm³/mol. The van der Waals surface area contributed by atoms with E-state index in [0.717, 1.165) is 5.56 Å². The zero-order chi connectivity index (χ0) is 24.8. The highest BCUT2D eigenvalue weighted by Crippen LogP contribution is 2.38. The summed E-state index contributed by atoms with van der Waals surface area (Å²) in [4.78, 5) is 17.5. The molecule has 3 aromatic carbocycles. The first-order valence-electron chi connectivity index (χ1n) is 10.5. The normalized spacial score (nSPS) is 11.1. The SMILES string of the molecule is COc1cc(/C(=N/Nc2ccc(Cl)cc2)c2nc(-c3ccccc3)n[nH]c2=O)cc(OC)c1OC. The highest BCUT2D eigenvalue weighted by molar-refractivity contribution is 6.30. The van der Waals surface area contributed by atoms with Crippen molar-refractivity contribution < 1.29 is 14.2 Å². The zero-order valence-electron chi connectivity index (χ0n) is 19.2. The van der Waals surface area contributed by atoms with E-state index >= 15 is 0 Å². The second-order valence-corrected chi connectivity index (χ2v) is 7.63. The van der Waals surface area contributed by atoms with Crippen molar-refractivity contribution in [2.45, 2.75) is 0 Å². The third kappa shape index (κ3) is 5.25. The fourth-order valence-corrected chi connectivity index (χ4v) is 3.46. The number of hydrogen-bond donors (Lipinski definition) is 2. The van der Waals surface area contributed by atoms with Gasteiger partial charge in [0.25, 0.3) is 5.56 Å². The first kappa shape index (κ1) is 23.8. The van der Waals surface area contributed by atoms with Gasteiger partial charge in [-0.1, -0.05) is 41.9 Å². The minimum Gasteiger partial charge on any atom is -0.493 e. The van der Waals surface area contributed by atoms with Crippen molar-refractivity contribution in [1.29, 1.82) is 0 Å². The molecule has 178 valence electrons. The average molecular weight is 492 g/mol. The van der Waals surface area contributed by atoms with Crippen molar-refractivity contribution in [1.82, 2.24) is 15.2 Å². The van der Waals surface area contributed by atoms with E-state index in [2.05, 4.69) is 25.7 Å². The van der Waals surface area contributed by atoms with Crippen LogP contribution in [0.4, 0.5) is 5.69 Å². The van der Waals surface area contributed by atoms with Crippen molar-refractivity contribution in [2.24, 2.45) is 5.10 Å². The van der Waals surface area contributed by atoms with Crippen molar-refractivity contribution >= 4 is 23.0 Å². The number of nitrogens with one attached hydrogen (secondary N) is 2. The number of aromatic amines is 1. The number of aromatic nitrogens is 3. The van der Waals surface area contributed by atoms with Crippen LogP contribution in [0.2, 0.25) is 5.02 Å². The van der Waals surface area contributed by atoms with E-state index in [-0.39, 0.29) is 11.4 Å².